The van der Waals surface area contributed by atoms with Gasteiger partial charge in [0.15, 0.2) is 0 Å². The average Bonchev–Trinajstić information content (AvgIpc) is 3.15. The van der Waals surface area contributed by atoms with Gasteiger partial charge in [-0.1, -0.05) is 0 Å². The van der Waals surface area contributed by atoms with Crippen molar-refractivity contribution in [3.63, 3.8) is 0 Å². The summed E-state index contributed by atoms with van der Waals surface area (Å²) in [7, 11) is 0. The van der Waals surface area contributed by atoms with Gasteiger partial charge >= 0.3 is 140 Å². The van der Waals surface area contributed by atoms with Crippen molar-refractivity contribution in [3.05, 3.63) is 75.7 Å². The number of fused-ring (bicyclic) bond motifs is 3. The zero-order chi connectivity index (χ0) is 15.1. The van der Waals surface area contributed by atoms with Crippen LogP contribution in [-0.4, -0.2) is 6.66 Å². The molecule has 0 aromatic heterocycles. The van der Waals surface area contributed by atoms with Crippen LogP contribution in [0.15, 0.2) is 64.6 Å². The van der Waals surface area contributed by atoms with Gasteiger partial charge in [0.2, 0.25) is 0 Å². The third-order valence-corrected chi connectivity index (χ3v) is 17.5. The zero-order valence-corrected chi connectivity index (χ0v) is 16.0. The fourth-order valence-corrected chi connectivity index (χ4v) is 16.4. The first-order valence-electron chi connectivity index (χ1n) is 8.19. The normalized spacial score (nSPS) is 15.0. The molecule has 0 N–H and O–H groups in total. The van der Waals surface area contributed by atoms with Crippen LogP contribution in [0.25, 0.3) is 11.1 Å². The summed E-state index contributed by atoms with van der Waals surface area (Å²) in [4.78, 5) is 0. The maximum atomic E-state index is 2.57. The quantitative estimate of drug-likeness (QED) is 0.624. The van der Waals surface area contributed by atoms with E-state index in [9.17, 15) is 0 Å². The Morgan fingerprint density at radius 3 is 2.55 bits per heavy atom. The molecule has 0 atom stereocenters. The Balaban J connectivity index is 1.84. The van der Waals surface area contributed by atoms with Crippen molar-refractivity contribution in [2.24, 2.45) is 0 Å². The fraction of sp³-hybridized carbons (Fsp3) is 0.200. The van der Waals surface area contributed by atoms with Crippen LogP contribution in [-0.2, 0) is 23.5 Å². The summed E-state index contributed by atoms with van der Waals surface area (Å²) in [5, 5.41) is 0. The zero-order valence-electron chi connectivity index (χ0n) is 13.3. The molecule has 0 spiro atoms. The van der Waals surface area contributed by atoms with Gasteiger partial charge in [0, 0.05) is 0 Å². The second-order valence-electron chi connectivity index (χ2n) is 6.56. The summed E-state index contributed by atoms with van der Waals surface area (Å²) in [6.45, 7) is 4.49. The first kappa shape index (κ1) is 14.4. The Hall–Kier alpha value is -1.15. The van der Waals surface area contributed by atoms with Crippen LogP contribution in [0.2, 0.25) is 13.1 Å². The molecule has 4 rings (SSSR count). The number of hydrogen-bond donors (Lipinski definition) is 0. The van der Waals surface area contributed by atoms with Gasteiger partial charge in [-0.3, -0.25) is 0 Å². The van der Waals surface area contributed by atoms with Crippen molar-refractivity contribution in [2.45, 2.75) is 25.9 Å². The van der Waals surface area contributed by atoms with Gasteiger partial charge in [-0.05, 0) is 0 Å². The standard InChI is InChI=1S/C13H9.C5H5.C2H7Si.Ti/c1-3-7-12-10(5-1)9-11-6-2-4-8-13(11)12;1-2-4-5-3-1;1-3-2;/h1-5,7-8H,9H2;1-3H,4H2;3H,1-2H3;. The van der Waals surface area contributed by atoms with Gasteiger partial charge in [0.05, 0.1) is 0 Å². The van der Waals surface area contributed by atoms with Gasteiger partial charge < -0.3 is 0 Å². The van der Waals surface area contributed by atoms with Crippen LogP contribution < -0.4 is 3.87 Å². The molecule has 0 radical (unpaired) electrons. The molecule has 2 heteroatoms. The second-order valence-corrected chi connectivity index (χ2v) is 19.8. The molecular formula is C20H21SiTi. The molecule has 0 unspecified atom stereocenters. The summed E-state index contributed by atoms with van der Waals surface area (Å²) in [5.41, 5.74) is 6.17. The predicted molar refractivity (Wildman–Crippen MR) is 95.0 cm³/mol. The van der Waals surface area contributed by atoms with Crippen LogP contribution in [0.1, 0.15) is 17.5 Å². The summed E-state index contributed by atoms with van der Waals surface area (Å²) in [5.74, 6) is 0. The first-order chi connectivity index (χ1) is 10.8. The number of allylic oxidation sites excluding steroid dienone is 4. The molecule has 2 aromatic carbocycles. The van der Waals surface area contributed by atoms with Gasteiger partial charge in [0.1, 0.15) is 0 Å². The minimum atomic E-state index is -1.28. The molecule has 22 heavy (non-hydrogen) atoms. The molecule has 0 amide bonds. The second kappa shape index (κ2) is 5.81. The topological polar surface area (TPSA) is 0 Å². The molecule has 109 valence electrons. The van der Waals surface area contributed by atoms with Gasteiger partial charge in [-0.2, -0.15) is 0 Å². The molecule has 0 bridgehead atoms. The van der Waals surface area contributed by atoms with E-state index < -0.39 is 23.8 Å². The van der Waals surface area contributed by atoms with Crippen molar-refractivity contribution in [2.75, 3.05) is 0 Å². The van der Waals surface area contributed by atoms with Crippen LogP contribution >= 0.6 is 0 Å². The molecule has 0 heterocycles. The van der Waals surface area contributed by atoms with Crippen LogP contribution in [0.5, 0.6) is 0 Å². The summed E-state index contributed by atoms with van der Waals surface area (Å²) < 4.78 is 3.57. The number of hydrogen-bond acceptors (Lipinski definition) is 0. The first-order valence-corrected chi connectivity index (χ1v) is 15.3. The maximum absolute atomic E-state index is 2.57. The average molecular weight is 337 g/mol. The van der Waals surface area contributed by atoms with E-state index in [4.69, 9.17) is 0 Å². The fourth-order valence-electron chi connectivity index (χ4n) is 3.91. The van der Waals surface area contributed by atoms with Crippen molar-refractivity contribution in [1.29, 1.82) is 0 Å². The van der Waals surface area contributed by atoms with E-state index in [-0.39, 0.29) is 0 Å². The van der Waals surface area contributed by atoms with Crippen LogP contribution in [0.4, 0.5) is 0 Å². The van der Waals surface area contributed by atoms with E-state index >= 15 is 0 Å². The number of rotatable bonds is 3. The summed E-state index contributed by atoms with van der Waals surface area (Å²) in [6.07, 6.45) is 9.43. The van der Waals surface area contributed by atoms with Crippen molar-refractivity contribution >= 4 is 10.5 Å². The van der Waals surface area contributed by atoms with Crippen molar-refractivity contribution < 1.29 is 17.1 Å². The summed E-state index contributed by atoms with van der Waals surface area (Å²) >= 11 is -1.28. The SMILES string of the molecule is C[SiH](C)[Ti]([C]1=CC=CC1)[c]1cccc2c1Cc1ccccc1-2. The number of benzene rings is 2. The Labute approximate surface area is 140 Å². The summed E-state index contributed by atoms with van der Waals surface area (Å²) in [6, 6.07) is 16.1. The van der Waals surface area contributed by atoms with Gasteiger partial charge in [0.25, 0.3) is 0 Å². The van der Waals surface area contributed by atoms with Crippen molar-refractivity contribution in [1.82, 2.24) is 0 Å². The molecule has 0 fully saturated rings. The third kappa shape index (κ3) is 2.32. The van der Waals surface area contributed by atoms with Gasteiger partial charge in [-0.15, -0.1) is 0 Å². The monoisotopic (exact) mass is 337 g/mol. The molecule has 0 nitrogen and oxygen atoms in total. The Kier molecular flexibility index (Phi) is 3.81. The van der Waals surface area contributed by atoms with Crippen LogP contribution in [0.3, 0.4) is 0 Å². The van der Waals surface area contributed by atoms with E-state index in [0.29, 0.717) is 0 Å². The molecule has 2 aliphatic carbocycles. The van der Waals surface area contributed by atoms with E-state index in [1.807, 2.05) is 0 Å². The third-order valence-electron chi connectivity index (χ3n) is 4.84. The van der Waals surface area contributed by atoms with E-state index in [0.717, 1.165) is 6.42 Å². The molecule has 0 saturated carbocycles. The molecule has 2 aromatic rings. The van der Waals surface area contributed by atoms with Gasteiger partial charge in [-0.25, -0.2) is 0 Å². The van der Waals surface area contributed by atoms with Crippen molar-refractivity contribution in [3.8, 4) is 11.1 Å². The molecular weight excluding hydrogens is 316 g/mol. The molecule has 2 aliphatic rings. The van der Waals surface area contributed by atoms with E-state index in [2.05, 4.69) is 73.8 Å². The Morgan fingerprint density at radius 1 is 0.955 bits per heavy atom. The Bertz CT molecular complexity index is 786. The Morgan fingerprint density at radius 2 is 1.77 bits per heavy atom. The van der Waals surface area contributed by atoms with Crippen LogP contribution in [0, 0.1) is 0 Å². The minimum absolute atomic E-state index is 0.639. The predicted octanol–water partition coefficient (Wildman–Crippen LogP) is 4.33. The van der Waals surface area contributed by atoms with E-state index in [1.54, 1.807) is 13.3 Å². The molecule has 0 saturated heterocycles. The molecule has 0 aliphatic heterocycles. The van der Waals surface area contributed by atoms with E-state index in [1.165, 1.54) is 23.1 Å².